The van der Waals surface area contributed by atoms with E-state index in [2.05, 4.69) is 18.1 Å². The molecule has 0 saturated heterocycles. The number of primary amides is 1. The lowest BCUT2D eigenvalue weighted by molar-refractivity contribution is 0.0998. The zero-order chi connectivity index (χ0) is 11.3. The molecule has 1 heterocycles. The Morgan fingerprint density at radius 1 is 1.40 bits per heavy atom. The van der Waals surface area contributed by atoms with Gasteiger partial charge in [-0.05, 0) is 18.1 Å². The van der Waals surface area contributed by atoms with Crippen molar-refractivity contribution in [1.29, 1.82) is 0 Å². The number of nitrogens with zero attached hydrogens (tertiary/aromatic N) is 1. The third-order valence-corrected chi connectivity index (χ3v) is 2.06. The van der Waals surface area contributed by atoms with Crippen LogP contribution in [0.5, 0.6) is 0 Å². The zero-order valence-corrected chi connectivity index (χ0v) is 8.57. The van der Waals surface area contributed by atoms with E-state index in [4.69, 9.17) is 5.73 Å². The van der Waals surface area contributed by atoms with Gasteiger partial charge in [-0.3, -0.25) is 9.78 Å². The maximum absolute atomic E-state index is 11.3. The summed E-state index contributed by atoms with van der Waals surface area (Å²) in [6, 6.07) is 1.79. The van der Waals surface area contributed by atoms with Crippen LogP contribution in [0.25, 0.3) is 0 Å². The van der Waals surface area contributed by atoms with Crippen LogP contribution in [0.3, 0.4) is 0 Å². The minimum atomic E-state index is -0.447. The van der Waals surface area contributed by atoms with Crippen molar-refractivity contribution < 1.29 is 4.79 Å². The van der Waals surface area contributed by atoms with Gasteiger partial charge in [-0.2, -0.15) is 0 Å². The van der Waals surface area contributed by atoms with Gasteiger partial charge >= 0.3 is 0 Å². The maximum Gasteiger partial charge on any atom is 0.250 e. The molecule has 0 aromatic carbocycles. The second-order valence-electron chi connectivity index (χ2n) is 3.14. The summed E-state index contributed by atoms with van der Waals surface area (Å²) >= 11 is 0. The number of hydrogen-bond acceptors (Lipinski definition) is 2. The van der Waals surface area contributed by atoms with Crippen molar-refractivity contribution in [3.63, 3.8) is 0 Å². The second kappa shape index (κ2) is 5.10. The first-order chi connectivity index (χ1) is 7.20. The molecule has 1 amide bonds. The van der Waals surface area contributed by atoms with Crippen LogP contribution in [0.4, 0.5) is 0 Å². The topological polar surface area (TPSA) is 56.0 Å². The highest BCUT2D eigenvalue weighted by Gasteiger charge is 2.12. The predicted molar refractivity (Wildman–Crippen MR) is 60.6 cm³/mol. The molecule has 0 unspecified atom stereocenters. The van der Waals surface area contributed by atoms with E-state index in [1.807, 2.05) is 0 Å². The molecule has 0 aliphatic rings. The van der Waals surface area contributed by atoms with Gasteiger partial charge in [0, 0.05) is 12.6 Å². The molecule has 1 aromatic heterocycles. The van der Waals surface area contributed by atoms with E-state index in [0.717, 1.165) is 5.56 Å². The Kier molecular flexibility index (Phi) is 3.80. The molecule has 0 bridgehead atoms. The first kappa shape index (κ1) is 11.2. The number of aromatic nitrogens is 1. The maximum atomic E-state index is 11.3. The highest BCUT2D eigenvalue weighted by Crippen LogP contribution is 2.14. The summed E-state index contributed by atoms with van der Waals surface area (Å²) in [6.45, 7) is 7.26. The van der Waals surface area contributed by atoms with Crippen molar-refractivity contribution in [2.75, 3.05) is 0 Å². The number of carbonyl (C=O) groups excluding carboxylic acids is 1. The van der Waals surface area contributed by atoms with Crippen molar-refractivity contribution in [2.45, 2.75) is 12.8 Å². The number of carbonyl (C=O) groups is 1. The van der Waals surface area contributed by atoms with Crippen molar-refractivity contribution in [3.05, 3.63) is 54.4 Å². The molecule has 3 heteroatoms. The zero-order valence-electron chi connectivity index (χ0n) is 8.57. The SMILES string of the molecule is C=CCc1ccnc(CC=C)c1C(N)=O. The van der Waals surface area contributed by atoms with Gasteiger partial charge in [0.25, 0.3) is 5.91 Å². The van der Waals surface area contributed by atoms with Gasteiger partial charge in [-0.25, -0.2) is 0 Å². The van der Waals surface area contributed by atoms with Crippen molar-refractivity contribution >= 4 is 5.91 Å². The fourth-order valence-corrected chi connectivity index (χ4v) is 1.47. The van der Waals surface area contributed by atoms with Crippen molar-refractivity contribution in [3.8, 4) is 0 Å². The molecule has 0 atom stereocenters. The lowest BCUT2D eigenvalue weighted by atomic mass is 10.0. The predicted octanol–water partition coefficient (Wildman–Crippen LogP) is 1.64. The molecular formula is C12H14N2O. The van der Waals surface area contributed by atoms with E-state index >= 15 is 0 Å². The van der Waals surface area contributed by atoms with Gasteiger partial charge in [0.15, 0.2) is 0 Å². The van der Waals surface area contributed by atoms with Crippen LogP contribution in [0.1, 0.15) is 21.6 Å². The third kappa shape index (κ3) is 2.53. The molecule has 2 N–H and O–H groups in total. The van der Waals surface area contributed by atoms with E-state index in [9.17, 15) is 4.79 Å². The Balaban J connectivity index is 3.26. The number of allylic oxidation sites excluding steroid dienone is 2. The summed E-state index contributed by atoms with van der Waals surface area (Å²) in [5.41, 5.74) is 7.37. The van der Waals surface area contributed by atoms with Gasteiger partial charge in [0.1, 0.15) is 0 Å². The standard InChI is InChI=1S/C12H14N2O/c1-3-5-9-7-8-14-10(6-4-2)11(9)12(13)15/h3-4,7-8H,1-2,5-6H2,(H2,13,15). The Morgan fingerprint density at radius 3 is 2.60 bits per heavy atom. The number of rotatable bonds is 5. The number of pyridine rings is 1. The second-order valence-corrected chi connectivity index (χ2v) is 3.14. The van der Waals surface area contributed by atoms with Crippen LogP contribution in [-0.4, -0.2) is 10.9 Å². The molecule has 15 heavy (non-hydrogen) atoms. The summed E-state index contributed by atoms with van der Waals surface area (Å²) in [5.74, 6) is -0.447. The average molecular weight is 202 g/mol. The quantitative estimate of drug-likeness (QED) is 0.738. The molecule has 0 aliphatic heterocycles. The fourth-order valence-electron chi connectivity index (χ4n) is 1.47. The van der Waals surface area contributed by atoms with Crippen LogP contribution in [-0.2, 0) is 12.8 Å². The summed E-state index contributed by atoms with van der Waals surface area (Å²) in [4.78, 5) is 15.4. The first-order valence-corrected chi connectivity index (χ1v) is 4.69. The molecule has 1 aromatic rings. The molecule has 0 aliphatic carbocycles. The van der Waals surface area contributed by atoms with Gasteiger partial charge < -0.3 is 5.73 Å². The van der Waals surface area contributed by atoms with Crippen LogP contribution < -0.4 is 5.73 Å². The summed E-state index contributed by atoms with van der Waals surface area (Å²) < 4.78 is 0. The van der Waals surface area contributed by atoms with E-state index in [-0.39, 0.29) is 0 Å². The molecule has 3 nitrogen and oxygen atoms in total. The highest BCUT2D eigenvalue weighted by atomic mass is 16.1. The Labute approximate surface area is 89.3 Å². The molecule has 0 spiro atoms. The van der Waals surface area contributed by atoms with Gasteiger partial charge in [0.05, 0.1) is 11.3 Å². The smallest absolute Gasteiger partial charge is 0.250 e. The third-order valence-electron chi connectivity index (χ3n) is 2.06. The normalized spacial score (nSPS) is 9.60. The molecule has 1 rings (SSSR count). The summed E-state index contributed by atoms with van der Waals surface area (Å²) in [5, 5.41) is 0. The lowest BCUT2D eigenvalue weighted by Crippen LogP contribution is -2.17. The average Bonchev–Trinajstić information content (AvgIpc) is 2.18. The van der Waals surface area contributed by atoms with Gasteiger partial charge in [-0.15, -0.1) is 13.2 Å². The Hall–Kier alpha value is -1.90. The van der Waals surface area contributed by atoms with Crippen molar-refractivity contribution in [1.82, 2.24) is 4.98 Å². The van der Waals surface area contributed by atoms with E-state index in [1.54, 1.807) is 24.4 Å². The molecule has 78 valence electrons. The van der Waals surface area contributed by atoms with Crippen LogP contribution in [0.15, 0.2) is 37.6 Å². The van der Waals surface area contributed by atoms with Crippen LogP contribution >= 0.6 is 0 Å². The molecule has 0 fully saturated rings. The Morgan fingerprint density at radius 2 is 2.07 bits per heavy atom. The minimum absolute atomic E-state index is 0.447. The fraction of sp³-hybridized carbons (Fsp3) is 0.167. The largest absolute Gasteiger partial charge is 0.366 e. The van der Waals surface area contributed by atoms with E-state index < -0.39 is 5.91 Å². The molecule has 0 radical (unpaired) electrons. The van der Waals surface area contributed by atoms with Gasteiger partial charge in [-0.1, -0.05) is 12.2 Å². The summed E-state index contributed by atoms with van der Waals surface area (Å²) in [6.07, 6.45) is 6.27. The van der Waals surface area contributed by atoms with Crippen LogP contribution in [0.2, 0.25) is 0 Å². The number of amides is 1. The Bertz CT molecular complexity index is 368. The summed E-state index contributed by atoms with van der Waals surface area (Å²) in [7, 11) is 0. The highest BCUT2D eigenvalue weighted by molar-refractivity contribution is 5.95. The number of nitrogens with two attached hydrogens (primary N) is 1. The molecular weight excluding hydrogens is 188 g/mol. The lowest BCUT2D eigenvalue weighted by Gasteiger charge is -2.08. The van der Waals surface area contributed by atoms with E-state index in [0.29, 0.717) is 24.1 Å². The van der Waals surface area contributed by atoms with Crippen LogP contribution in [0, 0.1) is 0 Å². The minimum Gasteiger partial charge on any atom is -0.366 e. The van der Waals surface area contributed by atoms with Gasteiger partial charge in [0.2, 0.25) is 0 Å². The van der Waals surface area contributed by atoms with E-state index in [1.165, 1.54) is 0 Å². The monoisotopic (exact) mass is 202 g/mol. The number of hydrogen-bond donors (Lipinski definition) is 1. The van der Waals surface area contributed by atoms with Crippen molar-refractivity contribution in [2.24, 2.45) is 5.73 Å². The first-order valence-electron chi connectivity index (χ1n) is 4.69. The molecule has 0 saturated carbocycles.